The Morgan fingerprint density at radius 1 is 0.786 bits per heavy atom. The zero-order valence-electron chi connectivity index (χ0n) is 33.9. The van der Waals surface area contributed by atoms with Crippen LogP contribution in [0.15, 0.2) is 0 Å². The van der Waals surface area contributed by atoms with Crippen LogP contribution in [0.3, 0.4) is 0 Å². The van der Waals surface area contributed by atoms with Crippen molar-refractivity contribution in [3.8, 4) is 0 Å². The molecule has 0 unspecified atom stereocenters. The van der Waals surface area contributed by atoms with E-state index in [1.807, 2.05) is 0 Å². The molecule has 0 aliphatic heterocycles. The molecular formula is C13H28O. The largest absolute Gasteiger partial charge is 0.396 e. The summed E-state index contributed by atoms with van der Waals surface area (Å²) in [5, 5.41) is 9.40. The molecule has 0 fully saturated rings. The van der Waals surface area contributed by atoms with Crippen molar-refractivity contribution in [3.63, 3.8) is 0 Å². The maximum absolute atomic E-state index is 9.40. The maximum atomic E-state index is 9.40. The van der Waals surface area contributed by atoms with Crippen molar-refractivity contribution >= 4 is 0 Å². The van der Waals surface area contributed by atoms with E-state index < -0.39 is 83.5 Å². The second kappa shape index (κ2) is 13.0. The molecule has 0 heterocycles. The van der Waals surface area contributed by atoms with Crippen molar-refractivity contribution in [1.29, 1.82) is 0 Å². The maximum Gasteiger partial charge on any atom is 0.0564 e. The summed E-state index contributed by atoms with van der Waals surface area (Å²) < 4.78 is 208. The Morgan fingerprint density at radius 2 is 1.21 bits per heavy atom. The summed E-state index contributed by atoms with van der Waals surface area (Å²) in [6.07, 6.45) is -51.8. The van der Waals surface area contributed by atoms with Gasteiger partial charge in [0.15, 0.2) is 0 Å². The summed E-state index contributed by atoms with van der Waals surface area (Å²) in [5.74, 6) is 0. The monoisotopic (exact) mass is 227 g/mol. The van der Waals surface area contributed by atoms with Gasteiger partial charge in [0.1, 0.15) is 0 Å². The van der Waals surface area contributed by atoms with Gasteiger partial charge >= 0.3 is 0 Å². The Labute approximate surface area is 128 Å². The first kappa shape index (κ1) is 1.47. The van der Waals surface area contributed by atoms with Gasteiger partial charge in [-0.15, -0.1) is 0 Å². The van der Waals surface area contributed by atoms with Gasteiger partial charge in [0.25, 0.3) is 0 Å². The molecule has 1 nitrogen and oxygen atoms in total. The summed E-state index contributed by atoms with van der Waals surface area (Å²) in [6.45, 7) is -8.31. The molecule has 0 aliphatic carbocycles. The third kappa shape index (κ3) is 12.0. The predicted octanol–water partition coefficient (Wildman–Crippen LogP) is 4.29. The SMILES string of the molecule is [2H]C([2H])([2H])C([2H])([2H])C([2H])([2H])C([2H])([2H])C([2H])([2H])C([2H])([2H])C([2H])([2H])C([2H])([2H])C([2H])([2H])C([2H])([2H])C([2H])([2H])C([2H])([2H])C([2H])([2H])O. The van der Waals surface area contributed by atoms with E-state index in [0.29, 0.717) is 0 Å². The smallest absolute Gasteiger partial charge is 0.0564 e. The Morgan fingerprint density at radius 3 is 1.64 bits per heavy atom. The number of rotatable bonds is 11. The van der Waals surface area contributed by atoms with Crippen molar-refractivity contribution in [2.75, 3.05) is 6.56 Å². The van der Waals surface area contributed by atoms with Crippen LogP contribution in [0.1, 0.15) is 114 Å². The quantitative estimate of drug-likeness (QED) is 0.558. The highest BCUT2D eigenvalue weighted by atomic mass is 16.2. The van der Waals surface area contributed by atoms with Gasteiger partial charge < -0.3 is 5.11 Å². The summed E-state index contributed by atoms with van der Waals surface area (Å²) >= 11 is 0. The lowest BCUT2D eigenvalue weighted by molar-refractivity contribution is 0.282. The molecule has 1 heteroatoms. The molecule has 0 amide bonds. The van der Waals surface area contributed by atoms with Crippen molar-refractivity contribution in [2.24, 2.45) is 0 Å². The summed E-state index contributed by atoms with van der Waals surface area (Å²) in [6, 6.07) is 0. The summed E-state index contributed by atoms with van der Waals surface area (Å²) in [7, 11) is 0. The van der Waals surface area contributed by atoms with E-state index in [9.17, 15) is 5.11 Å². The van der Waals surface area contributed by atoms with Gasteiger partial charge in [-0.25, -0.2) is 0 Å². The zero-order valence-corrected chi connectivity index (χ0v) is 6.95. The molecule has 0 aromatic heterocycles. The Balaban J connectivity index is 7.41. The van der Waals surface area contributed by atoms with Crippen LogP contribution in [0, 0.1) is 0 Å². The molecule has 0 aromatic carbocycles. The second-order valence-electron chi connectivity index (χ2n) is 1.49. The fourth-order valence-electron chi connectivity index (χ4n) is 0.309. The Hall–Kier alpha value is -0.0400. The topological polar surface area (TPSA) is 20.2 Å². The van der Waals surface area contributed by atoms with Crippen LogP contribution in [0.2, 0.25) is 0 Å². The number of hydrogen-bond donors (Lipinski definition) is 1. The minimum absolute atomic E-state index is 4.03. The highest BCUT2D eigenvalue weighted by Crippen LogP contribution is 2.10. The fourth-order valence-corrected chi connectivity index (χ4v) is 0.309. The van der Waals surface area contributed by atoms with Crippen LogP contribution >= 0.6 is 0 Å². The minimum Gasteiger partial charge on any atom is -0.396 e. The van der Waals surface area contributed by atoms with E-state index in [4.69, 9.17) is 37.0 Å². The van der Waals surface area contributed by atoms with Gasteiger partial charge in [-0.1, -0.05) is 70.6 Å². The summed E-state index contributed by atoms with van der Waals surface area (Å²) in [4.78, 5) is 0. The highest BCUT2D eigenvalue weighted by Gasteiger charge is 1.91. The second-order valence-corrected chi connectivity index (χ2v) is 1.49. The molecule has 0 rings (SSSR count). The third-order valence-corrected chi connectivity index (χ3v) is 0.681. The van der Waals surface area contributed by atoms with E-state index in [-0.39, 0.29) is 0 Å². The average Bonchev–Trinajstić information content (AvgIpc) is 2.70. The third-order valence-electron chi connectivity index (χ3n) is 0.681. The highest BCUT2D eigenvalue weighted by molar-refractivity contribution is 4.47. The molecule has 0 aliphatic rings. The van der Waals surface area contributed by atoms with E-state index in [1.165, 1.54) is 0 Å². The molecule has 0 saturated heterocycles. The Bertz CT molecular complexity index is 885. The van der Waals surface area contributed by atoms with Crippen LogP contribution < -0.4 is 0 Å². The lowest BCUT2D eigenvalue weighted by Gasteiger charge is -2.01. The normalized spacial score (nSPS) is 52.5. The molecule has 86 valence electrons. The Kier molecular flexibility index (Phi) is 1.36. The van der Waals surface area contributed by atoms with Crippen molar-refractivity contribution in [2.45, 2.75) is 77.0 Å². The molecule has 1 N–H and O–H groups in total. The van der Waals surface area contributed by atoms with Gasteiger partial charge in [-0.3, -0.25) is 0 Å². The van der Waals surface area contributed by atoms with Crippen LogP contribution in [-0.4, -0.2) is 11.7 Å². The van der Waals surface area contributed by atoms with Gasteiger partial charge in [-0.05, 0) is 6.37 Å². The van der Waals surface area contributed by atoms with Crippen LogP contribution in [0.25, 0.3) is 0 Å². The van der Waals surface area contributed by atoms with E-state index in [0.717, 1.165) is 0 Å². The lowest BCUT2D eigenvalue weighted by atomic mass is 10.1. The van der Waals surface area contributed by atoms with E-state index >= 15 is 0 Å². The van der Waals surface area contributed by atoms with Gasteiger partial charge in [0.2, 0.25) is 0 Å². The minimum atomic E-state index is -4.92. The van der Waals surface area contributed by atoms with E-state index in [2.05, 4.69) is 0 Å². The fraction of sp³-hybridized carbons (Fsp3) is 1.00. The van der Waals surface area contributed by atoms with Gasteiger partial charge in [-0.2, -0.15) is 0 Å². The standard InChI is InChI=1S/C13H28O/c1-2-3-4-5-6-7-8-9-10-11-12-13-14/h14H,2-13H2,1H3/i1D3,2D2,3D2,4D2,5D2,6D2,7D2,8D2,9D2,10D2,11D2,12D2,13D2. The van der Waals surface area contributed by atoms with Crippen LogP contribution in [-0.2, 0) is 0 Å². The first-order valence-corrected chi connectivity index (χ1v) is 3.22. The molecule has 0 spiro atoms. The molecular weight excluding hydrogens is 172 g/mol. The number of aliphatic hydroxyl groups is 1. The molecule has 0 aromatic rings. The van der Waals surface area contributed by atoms with Crippen LogP contribution in [0.5, 0.6) is 0 Å². The van der Waals surface area contributed by atoms with Crippen molar-refractivity contribution in [1.82, 2.24) is 0 Å². The first-order valence-electron chi connectivity index (χ1n) is 16.7. The number of hydrogen-bond acceptors (Lipinski definition) is 1. The molecule has 0 saturated carbocycles. The molecule has 0 bridgehead atoms. The van der Waals surface area contributed by atoms with Gasteiger partial charge in [0.05, 0.1) is 2.74 Å². The molecule has 0 radical (unpaired) electrons. The lowest BCUT2D eigenvalue weighted by Crippen LogP contribution is -1.84. The zero-order chi connectivity index (χ0) is 34.5. The molecule has 14 heavy (non-hydrogen) atoms. The predicted molar refractivity (Wildman–Crippen MR) is 63.5 cm³/mol. The average molecular weight is 228 g/mol. The van der Waals surface area contributed by atoms with Crippen molar-refractivity contribution in [3.05, 3.63) is 0 Å². The van der Waals surface area contributed by atoms with E-state index in [1.54, 1.807) is 0 Å². The first-order chi connectivity index (χ1) is 17.0. The van der Waals surface area contributed by atoms with Crippen LogP contribution in [0.4, 0.5) is 0 Å². The van der Waals surface area contributed by atoms with Crippen molar-refractivity contribution < 1.29 is 42.1 Å². The summed E-state index contributed by atoms with van der Waals surface area (Å²) in [5.41, 5.74) is 0. The van der Waals surface area contributed by atoms with Gasteiger partial charge in [0, 0.05) is 40.8 Å². The molecule has 0 atom stereocenters.